The van der Waals surface area contributed by atoms with Gasteiger partial charge < -0.3 is 14.8 Å². The van der Waals surface area contributed by atoms with Gasteiger partial charge in [0.2, 0.25) is 5.91 Å². The lowest BCUT2D eigenvalue weighted by Crippen LogP contribution is -2.29. The maximum Gasteiger partial charge on any atom is 0.230 e. The van der Waals surface area contributed by atoms with E-state index in [9.17, 15) is 4.79 Å². The van der Waals surface area contributed by atoms with E-state index in [1.807, 2.05) is 49.4 Å². The number of nitrogens with one attached hydrogen (secondary N) is 3. The topological polar surface area (TPSA) is 71.6 Å². The van der Waals surface area contributed by atoms with Gasteiger partial charge in [0.05, 0.1) is 12.0 Å². The molecule has 25 heavy (non-hydrogen) atoms. The highest BCUT2D eigenvalue weighted by Gasteiger charge is 2.34. The van der Waals surface area contributed by atoms with Crippen molar-refractivity contribution in [3.8, 4) is 11.5 Å². The molecule has 1 saturated heterocycles. The van der Waals surface area contributed by atoms with Crippen LogP contribution >= 0.6 is 0 Å². The summed E-state index contributed by atoms with van der Waals surface area (Å²) in [6, 6.07) is 13.5. The average molecular weight is 339 g/mol. The van der Waals surface area contributed by atoms with Gasteiger partial charge in [0.25, 0.3) is 0 Å². The van der Waals surface area contributed by atoms with E-state index >= 15 is 0 Å². The van der Waals surface area contributed by atoms with Crippen LogP contribution in [0, 0.1) is 12.8 Å². The monoisotopic (exact) mass is 339 g/mol. The summed E-state index contributed by atoms with van der Waals surface area (Å²) in [5.41, 5.74) is 9.23. The third kappa shape index (κ3) is 3.31. The fraction of sp³-hybridized carbons (Fsp3) is 0.316. The van der Waals surface area contributed by atoms with Gasteiger partial charge in [0.15, 0.2) is 11.5 Å². The number of rotatable bonds is 3. The van der Waals surface area contributed by atoms with Crippen LogP contribution in [-0.4, -0.2) is 25.7 Å². The van der Waals surface area contributed by atoms with Gasteiger partial charge in [0, 0.05) is 12.2 Å². The molecule has 2 aliphatic rings. The summed E-state index contributed by atoms with van der Waals surface area (Å²) in [7, 11) is 0. The maximum atomic E-state index is 12.8. The first-order chi connectivity index (χ1) is 12.2. The molecule has 2 heterocycles. The molecule has 2 aliphatic heterocycles. The van der Waals surface area contributed by atoms with Crippen molar-refractivity contribution >= 4 is 11.6 Å². The molecule has 2 atom stereocenters. The lowest BCUT2D eigenvalue weighted by Gasteiger charge is -2.22. The first-order valence-electron chi connectivity index (χ1n) is 8.46. The molecule has 130 valence electrons. The number of ether oxygens (including phenoxy) is 2. The number of hydrogen-bond donors (Lipinski definition) is 3. The molecule has 0 spiro atoms. The highest BCUT2D eigenvalue weighted by Crippen LogP contribution is 2.35. The standard InChI is InChI=1S/C19H21N3O3/c1-12-3-2-4-14(9-12)21-19(23)15-11-20-22-18(15)13-5-6-16-17(10-13)25-8-7-24-16/h2-6,9-10,15,18,20,22H,7-8,11H2,1H3,(H,21,23). The first kappa shape index (κ1) is 15.9. The minimum Gasteiger partial charge on any atom is -0.486 e. The Labute approximate surface area is 146 Å². The van der Waals surface area contributed by atoms with Crippen molar-refractivity contribution in [2.45, 2.75) is 13.0 Å². The third-order valence-electron chi connectivity index (χ3n) is 4.53. The quantitative estimate of drug-likeness (QED) is 0.799. The molecule has 1 fully saturated rings. The molecule has 0 aromatic heterocycles. The van der Waals surface area contributed by atoms with Gasteiger partial charge in [-0.1, -0.05) is 18.2 Å². The summed E-state index contributed by atoms with van der Waals surface area (Å²) in [5, 5.41) is 3.01. The van der Waals surface area contributed by atoms with Crippen LogP contribution in [0.15, 0.2) is 42.5 Å². The van der Waals surface area contributed by atoms with E-state index < -0.39 is 0 Å². The van der Waals surface area contributed by atoms with Gasteiger partial charge in [-0.2, -0.15) is 0 Å². The third-order valence-corrected chi connectivity index (χ3v) is 4.53. The Morgan fingerprint density at radius 3 is 2.80 bits per heavy atom. The SMILES string of the molecule is Cc1cccc(NC(=O)C2CNNC2c2ccc3c(c2)OCCO3)c1. The van der Waals surface area contributed by atoms with E-state index in [1.54, 1.807) is 0 Å². The fourth-order valence-corrected chi connectivity index (χ4v) is 3.27. The average Bonchev–Trinajstić information content (AvgIpc) is 3.11. The smallest absolute Gasteiger partial charge is 0.230 e. The summed E-state index contributed by atoms with van der Waals surface area (Å²) in [4.78, 5) is 12.8. The Morgan fingerprint density at radius 2 is 1.96 bits per heavy atom. The molecule has 6 nitrogen and oxygen atoms in total. The van der Waals surface area contributed by atoms with Crippen LogP contribution in [0.1, 0.15) is 17.2 Å². The van der Waals surface area contributed by atoms with Gasteiger partial charge in [0.1, 0.15) is 13.2 Å². The minimum atomic E-state index is -0.219. The Balaban J connectivity index is 1.53. The Kier molecular flexibility index (Phi) is 4.29. The van der Waals surface area contributed by atoms with E-state index in [4.69, 9.17) is 9.47 Å². The molecule has 2 unspecified atom stereocenters. The number of carbonyl (C=O) groups excluding carboxylic acids is 1. The van der Waals surface area contributed by atoms with E-state index in [1.165, 1.54) is 0 Å². The lowest BCUT2D eigenvalue weighted by molar-refractivity contribution is -0.119. The zero-order valence-corrected chi connectivity index (χ0v) is 14.0. The predicted molar refractivity (Wildman–Crippen MR) is 94.6 cm³/mol. The number of anilines is 1. The maximum absolute atomic E-state index is 12.8. The van der Waals surface area contributed by atoms with Gasteiger partial charge in [-0.05, 0) is 42.3 Å². The molecule has 4 rings (SSSR count). The highest BCUT2D eigenvalue weighted by atomic mass is 16.6. The summed E-state index contributed by atoms with van der Waals surface area (Å²) >= 11 is 0. The van der Waals surface area contributed by atoms with Gasteiger partial charge in [-0.3, -0.25) is 10.2 Å². The summed E-state index contributed by atoms with van der Waals surface area (Å²) < 4.78 is 11.2. The first-order valence-corrected chi connectivity index (χ1v) is 8.46. The second-order valence-electron chi connectivity index (χ2n) is 6.37. The van der Waals surface area contributed by atoms with Crippen molar-refractivity contribution in [2.24, 2.45) is 5.92 Å². The number of hydrazine groups is 1. The van der Waals surface area contributed by atoms with E-state index in [0.29, 0.717) is 19.8 Å². The second-order valence-corrected chi connectivity index (χ2v) is 6.37. The molecule has 1 amide bonds. The van der Waals surface area contributed by atoms with Gasteiger partial charge >= 0.3 is 0 Å². The van der Waals surface area contributed by atoms with E-state index in [2.05, 4.69) is 16.2 Å². The normalized spacial score (nSPS) is 21.8. The molecule has 0 radical (unpaired) electrons. The summed E-state index contributed by atoms with van der Waals surface area (Å²) in [5.74, 6) is 1.25. The number of amides is 1. The molecule has 0 aliphatic carbocycles. The van der Waals surface area contributed by atoms with E-state index in [0.717, 1.165) is 28.3 Å². The molecule has 3 N–H and O–H groups in total. The van der Waals surface area contributed by atoms with Crippen molar-refractivity contribution < 1.29 is 14.3 Å². The molecule has 0 bridgehead atoms. The molecule has 2 aromatic carbocycles. The molecule has 6 heteroatoms. The van der Waals surface area contributed by atoms with Crippen molar-refractivity contribution in [1.29, 1.82) is 0 Å². The fourth-order valence-electron chi connectivity index (χ4n) is 3.27. The summed E-state index contributed by atoms with van der Waals surface area (Å²) in [6.07, 6.45) is 0. The van der Waals surface area contributed by atoms with Crippen LogP contribution in [0.4, 0.5) is 5.69 Å². The Hall–Kier alpha value is -2.57. The van der Waals surface area contributed by atoms with Crippen molar-refractivity contribution in [3.63, 3.8) is 0 Å². The second kappa shape index (κ2) is 6.74. The largest absolute Gasteiger partial charge is 0.486 e. The Morgan fingerprint density at radius 1 is 1.12 bits per heavy atom. The van der Waals surface area contributed by atoms with Crippen molar-refractivity contribution in [1.82, 2.24) is 10.9 Å². The molecular weight excluding hydrogens is 318 g/mol. The van der Waals surface area contributed by atoms with Crippen LogP contribution in [0.5, 0.6) is 11.5 Å². The number of carbonyl (C=O) groups is 1. The molecule has 2 aromatic rings. The van der Waals surface area contributed by atoms with Crippen LogP contribution in [-0.2, 0) is 4.79 Å². The minimum absolute atomic E-state index is 0.0111. The summed E-state index contributed by atoms with van der Waals surface area (Å²) in [6.45, 7) is 3.68. The van der Waals surface area contributed by atoms with E-state index in [-0.39, 0.29) is 17.9 Å². The number of aryl methyl sites for hydroxylation is 1. The molecule has 0 saturated carbocycles. The van der Waals surface area contributed by atoms with Crippen LogP contribution in [0.25, 0.3) is 0 Å². The molecular formula is C19H21N3O3. The predicted octanol–water partition coefficient (Wildman–Crippen LogP) is 2.17. The highest BCUT2D eigenvalue weighted by molar-refractivity contribution is 5.93. The van der Waals surface area contributed by atoms with Crippen LogP contribution < -0.4 is 25.6 Å². The van der Waals surface area contributed by atoms with Gasteiger partial charge in [-0.15, -0.1) is 0 Å². The van der Waals surface area contributed by atoms with Crippen molar-refractivity contribution in [2.75, 3.05) is 25.1 Å². The number of hydrogen-bond acceptors (Lipinski definition) is 5. The number of benzene rings is 2. The van der Waals surface area contributed by atoms with Gasteiger partial charge in [-0.25, -0.2) is 5.43 Å². The zero-order chi connectivity index (χ0) is 17.2. The van der Waals surface area contributed by atoms with Crippen LogP contribution in [0.3, 0.4) is 0 Å². The van der Waals surface area contributed by atoms with Crippen molar-refractivity contribution in [3.05, 3.63) is 53.6 Å². The number of fused-ring (bicyclic) bond motifs is 1. The lowest BCUT2D eigenvalue weighted by atomic mass is 9.93. The van der Waals surface area contributed by atoms with Crippen LogP contribution in [0.2, 0.25) is 0 Å². The Bertz CT molecular complexity index is 793. The zero-order valence-electron chi connectivity index (χ0n) is 14.0.